The number of nitrogens with zero attached hydrogens (tertiary/aromatic N) is 3. The normalized spacial score (nSPS) is 36.1. The Kier molecular flexibility index (Phi) is 3.17. The number of ether oxygens (including phenoxy) is 2. The molecule has 1 N–H and O–H groups in total. The zero-order chi connectivity index (χ0) is 17.8. The van der Waals surface area contributed by atoms with Crippen molar-refractivity contribution in [3.05, 3.63) is 35.6 Å². The largest absolute Gasteiger partial charge is 0.448 e. The summed E-state index contributed by atoms with van der Waals surface area (Å²) in [5.41, 5.74) is -3.98. The highest BCUT2D eigenvalue weighted by molar-refractivity contribution is 5.89. The van der Waals surface area contributed by atoms with Crippen molar-refractivity contribution in [3.63, 3.8) is 0 Å². The van der Waals surface area contributed by atoms with Gasteiger partial charge in [0, 0.05) is 12.5 Å². The SMILES string of the molecule is CC1C2(C)OC(=N)C1(C#N)C(C#N)(C#N)C(c1ccccc1F)O2. The van der Waals surface area contributed by atoms with Gasteiger partial charge in [0.1, 0.15) is 11.9 Å². The summed E-state index contributed by atoms with van der Waals surface area (Å²) in [6.07, 6.45) is -1.36. The first kappa shape index (κ1) is 15.9. The number of hydrogen-bond acceptors (Lipinski definition) is 6. The van der Waals surface area contributed by atoms with Crippen LogP contribution in [0, 0.1) is 62.0 Å². The molecule has 120 valence electrons. The Morgan fingerprint density at radius 2 is 1.79 bits per heavy atom. The van der Waals surface area contributed by atoms with Gasteiger partial charge < -0.3 is 9.47 Å². The maximum Gasteiger partial charge on any atom is 0.214 e. The van der Waals surface area contributed by atoms with E-state index in [4.69, 9.17) is 14.9 Å². The summed E-state index contributed by atoms with van der Waals surface area (Å²) in [6.45, 7) is 3.11. The Morgan fingerprint density at radius 1 is 1.17 bits per heavy atom. The van der Waals surface area contributed by atoms with Crippen LogP contribution in [0.1, 0.15) is 25.5 Å². The van der Waals surface area contributed by atoms with Crippen molar-refractivity contribution in [1.29, 1.82) is 21.2 Å². The molecule has 24 heavy (non-hydrogen) atoms. The maximum absolute atomic E-state index is 14.3. The molecule has 0 amide bonds. The molecule has 2 fully saturated rings. The van der Waals surface area contributed by atoms with Crippen LogP contribution in [0.25, 0.3) is 0 Å². The minimum atomic E-state index is -2.11. The van der Waals surface area contributed by atoms with E-state index < -0.39 is 40.4 Å². The molecule has 2 heterocycles. The van der Waals surface area contributed by atoms with E-state index in [1.807, 2.05) is 18.2 Å². The van der Waals surface area contributed by atoms with Crippen molar-refractivity contribution in [3.8, 4) is 18.2 Å². The van der Waals surface area contributed by atoms with Crippen LogP contribution >= 0.6 is 0 Å². The van der Waals surface area contributed by atoms with Gasteiger partial charge in [-0.05, 0) is 6.07 Å². The Labute approximate surface area is 138 Å². The van der Waals surface area contributed by atoms with E-state index in [0.29, 0.717) is 0 Å². The predicted octanol–water partition coefficient (Wildman–Crippen LogP) is 2.80. The molecule has 2 saturated heterocycles. The van der Waals surface area contributed by atoms with Gasteiger partial charge in [0.15, 0.2) is 5.41 Å². The first-order valence-corrected chi connectivity index (χ1v) is 7.27. The van der Waals surface area contributed by atoms with E-state index >= 15 is 0 Å². The lowest BCUT2D eigenvalue weighted by molar-refractivity contribution is -0.269. The quantitative estimate of drug-likeness (QED) is 0.853. The van der Waals surface area contributed by atoms with Crippen LogP contribution < -0.4 is 0 Å². The van der Waals surface area contributed by atoms with Crippen LogP contribution in [0.4, 0.5) is 4.39 Å². The maximum atomic E-state index is 14.3. The summed E-state index contributed by atoms with van der Waals surface area (Å²) in [6, 6.07) is 11.2. The third-order valence-corrected chi connectivity index (χ3v) is 5.18. The van der Waals surface area contributed by atoms with Crippen LogP contribution in [-0.2, 0) is 9.47 Å². The Balaban J connectivity index is 2.36. The number of benzene rings is 1. The van der Waals surface area contributed by atoms with Crippen molar-refractivity contribution in [2.45, 2.75) is 25.7 Å². The molecule has 7 heteroatoms. The molecule has 2 bridgehead atoms. The second-order valence-corrected chi connectivity index (χ2v) is 6.14. The van der Waals surface area contributed by atoms with Crippen LogP contribution in [0.15, 0.2) is 24.3 Å². The Hall–Kier alpha value is -2.95. The van der Waals surface area contributed by atoms with Crippen molar-refractivity contribution < 1.29 is 13.9 Å². The second-order valence-electron chi connectivity index (χ2n) is 6.14. The lowest BCUT2D eigenvalue weighted by Gasteiger charge is -2.47. The molecule has 0 saturated carbocycles. The zero-order valence-corrected chi connectivity index (χ0v) is 13.0. The average molecular weight is 324 g/mol. The molecule has 1 aromatic rings. The van der Waals surface area contributed by atoms with Crippen LogP contribution in [0.3, 0.4) is 0 Å². The summed E-state index contributed by atoms with van der Waals surface area (Å²) < 4.78 is 25.6. The van der Waals surface area contributed by atoms with Gasteiger partial charge >= 0.3 is 0 Å². The number of nitriles is 3. The zero-order valence-electron chi connectivity index (χ0n) is 13.0. The molecule has 0 radical (unpaired) electrons. The number of fused-ring (bicyclic) bond motifs is 2. The topological polar surface area (TPSA) is 114 Å². The van der Waals surface area contributed by atoms with Crippen molar-refractivity contribution in [2.24, 2.45) is 16.7 Å². The van der Waals surface area contributed by atoms with Crippen LogP contribution in [-0.4, -0.2) is 11.7 Å². The Bertz CT molecular complexity index is 851. The molecule has 3 rings (SSSR count). The van der Waals surface area contributed by atoms with Crippen LogP contribution in [0.5, 0.6) is 0 Å². The smallest absolute Gasteiger partial charge is 0.214 e. The minimum absolute atomic E-state index is 0.0170. The molecule has 0 aromatic heterocycles. The summed E-state index contributed by atoms with van der Waals surface area (Å²) in [4.78, 5) is 0. The van der Waals surface area contributed by atoms with E-state index in [9.17, 15) is 20.2 Å². The highest BCUT2D eigenvalue weighted by Crippen LogP contribution is 2.66. The van der Waals surface area contributed by atoms with Gasteiger partial charge in [-0.3, -0.25) is 5.41 Å². The van der Waals surface area contributed by atoms with Gasteiger partial charge in [0.25, 0.3) is 0 Å². The fraction of sp³-hybridized carbons (Fsp3) is 0.412. The fourth-order valence-electron chi connectivity index (χ4n) is 3.68. The highest BCUT2D eigenvalue weighted by Gasteiger charge is 2.78. The fourth-order valence-corrected chi connectivity index (χ4v) is 3.68. The summed E-state index contributed by atoms with van der Waals surface area (Å²) in [5.74, 6) is -3.32. The molecular formula is C17H13FN4O2. The number of nitrogens with one attached hydrogen (secondary N) is 1. The van der Waals surface area contributed by atoms with Gasteiger partial charge in [-0.25, -0.2) is 4.39 Å². The van der Waals surface area contributed by atoms with Gasteiger partial charge in [0.05, 0.1) is 24.1 Å². The molecule has 4 unspecified atom stereocenters. The molecule has 0 spiro atoms. The van der Waals surface area contributed by atoms with Gasteiger partial charge in [-0.15, -0.1) is 0 Å². The standard InChI is InChI=1S/C17H13FN4O2/c1-10-15(2)23-13(11-5-3-4-6-12(11)18)16(7-19,8-20)17(10,9-21)14(22)24-15/h3-6,10,13,22H,1-2H3. The number of hydrogen-bond donors (Lipinski definition) is 1. The third kappa shape index (κ3) is 1.51. The highest BCUT2D eigenvalue weighted by atomic mass is 19.1. The average Bonchev–Trinajstić information content (AvgIpc) is 2.71. The van der Waals surface area contributed by atoms with E-state index in [1.54, 1.807) is 13.0 Å². The lowest BCUT2D eigenvalue weighted by atomic mass is 9.54. The van der Waals surface area contributed by atoms with Gasteiger partial charge in [-0.1, -0.05) is 25.1 Å². The molecular weight excluding hydrogens is 311 g/mol. The summed E-state index contributed by atoms with van der Waals surface area (Å²) >= 11 is 0. The van der Waals surface area contributed by atoms with Crippen molar-refractivity contribution in [1.82, 2.24) is 0 Å². The van der Waals surface area contributed by atoms with Crippen LogP contribution in [0.2, 0.25) is 0 Å². The third-order valence-electron chi connectivity index (χ3n) is 5.18. The van der Waals surface area contributed by atoms with E-state index in [2.05, 4.69) is 0 Å². The van der Waals surface area contributed by atoms with Gasteiger partial charge in [0.2, 0.25) is 17.1 Å². The van der Waals surface area contributed by atoms with E-state index in [1.165, 1.54) is 25.1 Å². The minimum Gasteiger partial charge on any atom is -0.448 e. The Morgan fingerprint density at radius 3 is 2.33 bits per heavy atom. The lowest BCUT2D eigenvalue weighted by Crippen LogP contribution is -2.57. The number of rotatable bonds is 1. The van der Waals surface area contributed by atoms with E-state index in [0.717, 1.165) is 0 Å². The molecule has 2 aliphatic rings. The molecule has 2 aliphatic heterocycles. The van der Waals surface area contributed by atoms with Crippen molar-refractivity contribution in [2.75, 3.05) is 0 Å². The number of halogens is 1. The predicted molar refractivity (Wildman–Crippen MR) is 78.3 cm³/mol. The molecule has 1 aromatic carbocycles. The molecule has 6 nitrogen and oxygen atoms in total. The first-order chi connectivity index (χ1) is 11.3. The summed E-state index contributed by atoms with van der Waals surface area (Å²) in [5, 5.41) is 37.6. The first-order valence-electron chi connectivity index (χ1n) is 7.27. The molecule has 0 aliphatic carbocycles. The van der Waals surface area contributed by atoms with Crippen molar-refractivity contribution >= 4 is 5.90 Å². The summed E-state index contributed by atoms with van der Waals surface area (Å²) in [7, 11) is 0. The monoisotopic (exact) mass is 324 g/mol. The molecule has 4 atom stereocenters. The van der Waals surface area contributed by atoms with E-state index in [-0.39, 0.29) is 5.56 Å². The van der Waals surface area contributed by atoms with Gasteiger partial charge in [-0.2, -0.15) is 15.8 Å². The second kappa shape index (κ2) is 4.77.